The molecule has 3 N–H and O–H groups in total. The molecule has 2 aliphatic rings. The van der Waals surface area contributed by atoms with Crippen LogP contribution in [0.4, 0.5) is 4.39 Å². The number of aromatic amines is 1. The number of amides is 2. The highest BCUT2D eigenvalue weighted by Gasteiger charge is 2.34. The number of rotatable bonds is 6. The normalized spacial score (nSPS) is 19.1. The quantitative estimate of drug-likeness (QED) is 0.462. The van der Waals surface area contributed by atoms with Gasteiger partial charge in [0.1, 0.15) is 6.17 Å². The van der Waals surface area contributed by atoms with Gasteiger partial charge in [-0.25, -0.2) is 14.3 Å². The first-order valence-corrected chi connectivity index (χ1v) is 10.6. The number of H-pyrrole nitrogens is 1. The van der Waals surface area contributed by atoms with Gasteiger partial charge in [0.05, 0.1) is 24.8 Å². The summed E-state index contributed by atoms with van der Waals surface area (Å²) in [5.41, 5.74) is -0.152. The van der Waals surface area contributed by atoms with E-state index in [-0.39, 0.29) is 30.0 Å². The van der Waals surface area contributed by atoms with Gasteiger partial charge in [0.2, 0.25) is 11.5 Å². The Morgan fingerprint density at radius 2 is 2.13 bits per heavy atom. The zero-order valence-corrected chi connectivity index (χ0v) is 17.6. The van der Waals surface area contributed by atoms with Crippen molar-refractivity contribution in [1.29, 1.82) is 0 Å². The van der Waals surface area contributed by atoms with Gasteiger partial charge in [-0.3, -0.25) is 9.59 Å². The van der Waals surface area contributed by atoms with Gasteiger partial charge in [-0.15, -0.1) is 0 Å². The fourth-order valence-corrected chi connectivity index (χ4v) is 3.79. The van der Waals surface area contributed by atoms with E-state index in [1.54, 1.807) is 0 Å². The predicted molar refractivity (Wildman–Crippen MR) is 110 cm³/mol. The Labute approximate surface area is 178 Å². The third-order valence-electron chi connectivity index (χ3n) is 5.51. The van der Waals surface area contributed by atoms with Gasteiger partial charge in [-0.05, 0) is 31.3 Å². The molecule has 166 valence electrons. The number of fused-ring (bicyclic) bond motifs is 1. The summed E-state index contributed by atoms with van der Waals surface area (Å²) in [6, 6.07) is 0.0354. The number of carbonyl (C=O) groups excluding carboxylic acids is 2. The molecule has 0 aromatic carbocycles. The molecule has 9 nitrogen and oxygen atoms in total. The molecule has 1 saturated carbocycles. The molecule has 2 aromatic rings. The van der Waals surface area contributed by atoms with Gasteiger partial charge >= 0.3 is 17.1 Å². The molecule has 0 bridgehead atoms. The standard InChI is InChI=1S/C21H26FN5O4/c1-12(2)10-26-19-13(3-6-16(28)25-8-7-14(22)11-25)9-23-27(19)21(31)17(20(26)30)18(29)24-15-4-5-15/h3,6,9,12,14-15H,4-5,7-8,10-11H2,1-2H3,(H2,24,29,30,31)/p+1/b6-3+/t14-/m0/s1. The number of nitrogens with one attached hydrogen (secondary N) is 2. The number of aromatic hydroxyl groups is 1. The smallest absolute Gasteiger partial charge is 0.378 e. The highest BCUT2D eigenvalue weighted by Crippen LogP contribution is 2.21. The van der Waals surface area contributed by atoms with Gasteiger partial charge in [-0.2, -0.15) is 4.57 Å². The summed E-state index contributed by atoms with van der Waals surface area (Å²) in [7, 11) is 0. The molecule has 2 fully saturated rings. The molecule has 1 aliphatic heterocycles. The van der Waals surface area contributed by atoms with Crippen molar-refractivity contribution in [1.82, 2.24) is 19.8 Å². The number of carbonyl (C=O) groups is 2. The first-order chi connectivity index (χ1) is 14.8. The Bertz CT molecular complexity index is 1120. The predicted octanol–water partition coefficient (Wildman–Crippen LogP) is 0.753. The maximum Gasteiger partial charge on any atom is 0.378 e. The topological polar surface area (TPSA) is 111 Å². The summed E-state index contributed by atoms with van der Waals surface area (Å²) >= 11 is 0. The largest absolute Gasteiger partial charge is 0.477 e. The van der Waals surface area contributed by atoms with E-state index < -0.39 is 23.5 Å². The van der Waals surface area contributed by atoms with Crippen molar-refractivity contribution in [2.75, 3.05) is 13.1 Å². The van der Waals surface area contributed by atoms with Crippen LogP contribution in [0.2, 0.25) is 0 Å². The molecule has 0 radical (unpaired) electrons. The molecule has 2 aromatic heterocycles. The van der Waals surface area contributed by atoms with Gasteiger partial charge in [0, 0.05) is 18.7 Å². The van der Waals surface area contributed by atoms with E-state index >= 15 is 0 Å². The Kier molecular flexibility index (Phi) is 5.55. The van der Waals surface area contributed by atoms with Crippen molar-refractivity contribution < 1.29 is 23.7 Å². The molecular weight excluding hydrogens is 405 g/mol. The Morgan fingerprint density at radius 3 is 2.74 bits per heavy atom. The summed E-state index contributed by atoms with van der Waals surface area (Å²) in [6.07, 6.45) is 5.42. The molecule has 4 rings (SSSR count). The van der Waals surface area contributed by atoms with Crippen LogP contribution in [-0.2, 0) is 11.3 Å². The maximum absolute atomic E-state index is 13.4. The van der Waals surface area contributed by atoms with E-state index in [0.29, 0.717) is 30.7 Å². The van der Waals surface area contributed by atoms with Crippen molar-refractivity contribution in [2.45, 2.75) is 51.9 Å². The third-order valence-corrected chi connectivity index (χ3v) is 5.51. The molecule has 1 aliphatic carbocycles. The van der Waals surface area contributed by atoms with Gasteiger partial charge in [-0.1, -0.05) is 18.4 Å². The van der Waals surface area contributed by atoms with Crippen LogP contribution in [0.1, 0.15) is 49.0 Å². The van der Waals surface area contributed by atoms with Crippen molar-refractivity contribution in [3.05, 3.63) is 33.8 Å². The molecule has 31 heavy (non-hydrogen) atoms. The van der Waals surface area contributed by atoms with Crippen LogP contribution in [0.3, 0.4) is 0 Å². The number of likely N-dealkylation sites (tertiary alicyclic amines) is 1. The summed E-state index contributed by atoms with van der Waals surface area (Å²) in [5, 5.41) is 16.4. The number of nitrogens with zero attached hydrogens (tertiary/aromatic N) is 3. The summed E-state index contributed by atoms with van der Waals surface area (Å²) < 4.78 is 16.1. The van der Waals surface area contributed by atoms with Crippen molar-refractivity contribution in [2.24, 2.45) is 5.92 Å². The number of halogens is 1. The first kappa shape index (κ1) is 21.1. The van der Waals surface area contributed by atoms with Crippen LogP contribution in [0.25, 0.3) is 11.7 Å². The Morgan fingerprint density at radius 1 is 1.39 bits per heavy atom. The fourth-order valence-electron chi connectivity index (χ4n) is 3.79. The monoisotopic (exact) mass is 432 g/mol. The third kappa shape index (κ3) is 4.19. The van der Waals surface area contributed by atoms with Crippen LogP contribution in [0, 0.1) is 5.92 Å². The second-order valence-corrected chi connectivity index (χ2v) is 8.65. The maximum atomic E-state index is 13.4. The minimum absolute atomic E-state index is 0.0354. The lowest BCUT2D eigenvalue weighted by molar-refractivity contribution is -0.686. The number of hydrogen-bond acceptors (Lipinski definition) is 4. The molecular formula is C21H27FN5O4+. The van der Waals surface area contributed by atoms with Crippen molar-refractivity contribution >= 4 is 23.5 Å². The molecule has 1 saturated heterocycles. The SMILES string of the molecule is CC(C)C[n+]1c(O)c(C(=O)NC2CC2)c(=O)n2[nH]cc(/C=C/C(=O)N3CC[C@H](F)C3)c21. The van der Waals surface area contributed by atoms with E-state index in [1.807, 2.05) is 13.8 Å². The van der Waals surface area contributed by atoms with Gasteiger partial charge in [0.25, 0.3) is 5.91 Å². The Hall–Kier alpha value is -3.17. The lowest BCUT2D eigenvalue weighted by atomic mass is 10.2. The molecule has 1 atom stereocenters. The van der Waals surface area contributed by atoms with Crippen molar-refractivity contribution in [3.8, 4) is 5.88 Å². The van der Waals surface area contributed by atoms with E-state index in [2.05, 4.69) is 10.4 Å². The zero-order chi connectivity index (χ0) is 22.3. The average molecular weight is 432 g/mol. The van der Waals surface area contributed by atoms with E-state index in [4.69, 9.17) is 0 Å². The molecule has 2 amide bonds. The van der Waals surface area contributed by atoms with Crippen LogP contribution < -0.4 is 15.4 Å². The van der Waals surface area contributed by atoms with E-state index in [9.17, 15) is 23.9 Å². The summed E-state index contributed by atoms with van der Waals surface area (Å²) in [4.78, 5) is 39.4. The molecule has 10 heteroatoms. The number of aromatic nitrogens is 3. The van der Waals surface area contributed by atoms with Crippen LogP contribution >= 0.6 is 0 Å². The zero-order valence-electron chi connectivity index (χ0n) is 17.6. The minimum atomic E-state index is -1.01. The van der Waals surface area contributed by atoms with Crippen LogP contribution in [-0.4, -0.2) is 56.7 Å². The highest BCUT2D eigenvalue weighted by molar-refractivity contribution is 5.96. The second-order valence-electron chi connectivity index (χ2n) is 8.65. The minimum Gasteiger partial charge on any atom is -0.477 e. The lowest BCUT2D eigenvalue weighted by Gasteiger charge is -2.12. The molecule has 3 heterocycles. The second kappa shape index (κ2) is 8.16. The number of alkyl halides is 1. The molecule has 0 spiro atoms. The van der Waals surface area contributed by atoms with E-state index in [1.165, 1.54) is 32.3 Å². The summed E-state index contributed by atoms with van der Waals surface area (Å²) in [5.74, 6) is -1.22. The Balaban J connectivity index is 1.75. The van der Waals surface area contributed by atoms with E-state index in [0.717, 1.165) is 12.8 Å². The highest BCUT2D eigenvalue weighted by atomic mass is 19.1. The average Bonchev–Trinajstić information content (AvgIpc) is 3.24. The molecule has 0 unspecified atom stereocenters. The van der Waals surface area contributed by atoms with Gasteiger partial charge in [0.15, 0.2) is 0 Å². The first-order valence-electron chi connectivity index (χ1n) is 10.6. The number of hydrogen-bond donors (Lipinski definition) is 3. The van der Waals surface area contributed by atoms with Crippen LogP contribution in [0.15, 0.2) is 17.1 Å². The van der Waals surface area contributed by atoms with Gasteiger partial charge < -0.3 is 15.3 Å². The lowest BCUT2D eigenvalue weighted by Crippen LogP contribution is -2.46. The van der Waals surface area contributed by atoms with Crippen LogP contribution in [0.5, 0.6) is 5.88 Å². The van der Waals surface area contributed by atoms with Crippen molar-refractivity contribution in [3.63, 3.8) is 0 Å². The fraction of sp³-hybridized carbons (Fsp3) is 0.524. The summed E-state index contributed by atoms with van der Waals surface area (Å²) in [6.45, 7) is 4.69.